The number of carbonyl (C=O) groups is 2. The summed E-state index contributed by atoms with van der Waals surface area (Å²) in [7, 11) is 0. The highest BCUT2D eigenvalue weighted by Gasteiger charge is 2.12. The Morgan fingerprint density at radius 2 is 1.62 bits per heavy atom. The number of hydrogen-bond acceptors (Lipinski definition) is 4. The summed E-state index contributed by atoms with van der Waals surface area (Å²) in [6.45, 7) is 0. The third-order valence-electron chi connectivity index (χ3n) is 2.85. The van der Waals surface area contributed by atoms with E-state index in [1.807, 2.05) is 0 Å². The molecule has 0 aromatic heterocycles. The second-order valence-electron chi connectivity index (χ2n) is 4.35. The predicted octanol–water partition coefficient (Wildman–Crippen LogP) is 1.35. The SMILES string of the molecule is NC(=O)c1ccc(Nc2cc(C(N)=O)c(N)cc2F)cc1. The Morgan fingerprint density at radius 3 is 2.14 bits per heavy atom. The maximum Gasteiger partial charge on any atom is 0.250 e. The van der Waals surface area contributed by atoms with Gasteiger partial charge in [-0.25, -0.2) is 4.39 Å². The third-order valence-corrected chi connectivity index (χ3v) is 2.85. The summed E-state index contributed by atoms with van der Waals surface area (Å²) in [5.41, 5.74) is 16.7. The summed E-state index contributed by atoms with van der Waals surface area (Å²) in [5, 5.41) is 2.77. The van der Waals surface area contributed by atoms with Crippen LogP contribution in [0.3, 0.4) is 0 Å². The standard InChI is InChI=1S/C14H13FN4O2/c15-10-6-11(16)9(14(18)21)5-12(10)19-8-3-1-7(2-4-8)13(17)20/h1-6,19H,16H2,(H2,17,20)(H2,18,21). The van der Waals surface area contributed by atoms with Gasteiger partial charge in [-0.3, -0.25) is 9.59 Å². The fourth-order valence-electron chi connectivity index (χ4n) is 1.77. The second-order valence-corrected chi connectivity index (χ2v) is 4.35. The van der Waals surface area contributed by atoms with Crippen LogP contribution in [-0.2, 0) is 0 Å². The van der Waals surface area contributed by atoms with Crippen LogP contribution in [0.25, 0.3) is 0 Å². The maximum atomic E-state index is 13.8. The van der Waals surface area contributed by atoms with Crippen LogP contribution in [0, 0.1) is 5.82 Å². The van der Waals surface area contributed by atoms with Gasteiger partial charge in [0, 0.05) is 16.9 Å². The molecule has 0 aliphatic heterocycles. The van der Waals surface area contributed by atoms with Gasteiger partial charge in [0.05, 0.1) is 11.3 Å². The number of nitrogen functional groups attached to an aromatic ring is 1. The molecule has 0 saturated heterocycles. The lowest BCUT2D eigenvalue weighted by atomic mass is 10.1. The van der Waals surface area contributed by atoms with Gasteiger partial charge in [0.2, 0.25) is 5.91 Å². The van der Waals surface area contributed by atoms with Crippen molar-refractivity contribution < 1.29 is 14.0 Å². The largest absolute Gasteiger partial charge is 0.398 e. The summed E-state index contributed by atoms with van der Waals surface area (Å²) < 4.78 is 13.8. The number of hydrogen-bond donors (Lipinski definition) is 4. The van der Waals surface area contributed by atoms with Crippen molar-refractivity contribution in [2.75, 3.05) is 11.1 Å². The molecule has 0 aliphatic carbocycles. The summed E-state index contributed by atoms with van der Waals surface area (Å²) in [6.07, 6.45) is 0. The monoisotopic (exact) mass is 288 g/mol. The van der Waals surface area contributed by atoms with Gasteiger partial charge in [0.15, 0.2) is 0 Å². The van der Waals surface area contributed by atoms with Crippen LogP contribution in [0.2, 0.25) is 0 Å². The van der Waals surface area contributed by atoms with E-state index in [9.17, 15) is 14.0 Å². The lowest BCUT2D eigenvalue weighted by Crippen LogP contribution is -2.14. The van der Waals surface area contributed by atoms with Gasteiger partial charge in [-0.05, 0) is 36.4 Å². The Kier molecular flexibility index (Phi) is 3.75. The van der Waals surface area contributed by atoms with E-state index in [-0.39, 0.29) is 16.9 Å². The van der Waals surface area contributed by atoms with Crippen molar-refractivity contribution in [3.05, 3.63) is 53.3 Å². The van der Waals surface area contributed by atoms with Crippen molar-refractivity contribution >= 4 is 28.9 Å². The van der Waals surface area contributed by atoms with Crippen LogP contribution < -0.4 is 22.5 Å². The number of halogens is 1. The quantitative estimate of drug-likeness (QED) is 0.634. The molecular formula is C14H13FN4O2. The zero-order valence-electron chi connectivity index (χ0n) is 10.9. The molecule has 0 fully saturated rings. The Labute approximate surface area is 119 Å². The van der Waals surface area contributed by atoms with Gasteiger partial charge >= 0.3 is 0 Å². The molecule has 108 valence electrons. The van der Waals surface area contributed by atoms with E-state index >= 15 is 0 Å². The van der Waals surface area contributed by atoms with Crippen LogP contribution in [-0.4, -0.2) is 11.8 Å². The number of primary amides is 2. The molecule has 0 spiro atoms. The first-order chi connectivity index (χ1) is 9.88. The van der Waals surface area contributed by atoms with Gasteiger partial charge in [0.25, 0.3) is 5.91 Å². The highest BCUT2D eigenvalue weighted by atomic mass is 19.1. The minimum atomic E-state index is -0.750. The molecule has 7 N–H and O–H groups in total. The average molecular weight is 288 g/mol. The number of rotatable bonds is 4. The van der Waals surface area contributed by atoms with Crippen molar-refractivity contribution in [1.82, 2.24) is 0 Å². The van der Waals surface area contributed by atoms with Crippen LogP contribution >= 0.6 is 0 Å². The molecular weight excluding hydrogens is 275 g/mol. The van der Waals surface area contributed by atoms with Crippen molar-refractivity contribution in [2.45, 2.75) is 0 Å². The minimum Gasteiger partial charge on any atom is -0.398 e. The second kappa shape index (κ2) is 5.49. The molecule has 0 radical (unpaired) electrons. The van der Waals surface area contributed by atoms with E-state index in [1.54, 1.807) is 12.1 Å². The van der Waals surface area contributed by atoms with E-state index in [0.29, 0.717) is 11.3 Å². The van der Waals surface area contributed by atoms with E-state index in [0.717, 1.165) is 6.07 Å². The van der Waals surface area contributed by atoms with Crippen LogP contribution in [0.4, 0.5) is 21.5 Å². The molecule has 0 saturated carbocycles. The van der Waals surface area contributed by atoms with Crippen molar-refractivity contribution in [3.8, 4) is 0 Å². The number of amides is 2. The highest BCUT2D eigenvalue weighted by molar-refractivity contribution is 5.99. The van der Waals surface area contributed by atoms with Crippen molar-refractivity contribution in [3.63, 3.8) is 0 Å². The summed E-state index contributed by atoms with van der Waals surface area (Å²) in [6, 6.07) is 8.35. The number of carbonyl (C=O) groups excluding carboxylic acids is 2. The summed E-state index contributed by atoms with van der Waals surface area (Å²) in [4.78, 5) is 22.2. The Balaban J connectivity index is 2.32. The minimum absolute atomic E-state index is 0.0210. The number of anilines is 3. The number of benzene rings is 2. The molecule has 0 bridgehead atoms. The molecule has 21 heavy (non-hydrogen) atoms. The first kappa shape index (κ1) is 14.3. The average Bonchev–Trinajstić information content (AvgIpc) is 2.42. The van der Waals surface area contributed by atoms with Crippen LogP contribution in [0.1, 0.15) is 20.7 Å². The van der Waals surface area contributed by atoms with Gasteiger partial charge in [0.1, 0.15) is 5.82 Å². The van der Waals surface area contributed by atoms with Gasteiger partial charge in [-0.15, -0.1) is 0 Å². The summed E-state index contributed by atoms with van der Waals surface area (Å²) in [5.74, 6) is -1.94. The molecule has 0 atom stereocenters. The molecule has 6 nitrogen and oxygen atoms in total. The van der Waals surface area contributed by atoms with Crippen LogP contribution in [0.5, 0.6) is 0 Å². The Hall–Kier alpha value is -3.09. The van der Waals surface area contributed by atoms with E-state index in [4.69, 9.17) is 17.2 Å². The van der Waals surface area contributed by atoms with E-state index in [1.165, 1.54) is 18.2 Å². The van der Waals surface area contributed by atoms with Crippen molar-refractivity contribution in [1.29, 1.82) is 0 Å². The maximum absolute atomic E-state index is 13.8. The third kappa shape index (κ3) is 3.08. The molecule has 2 aromatic carbocycles. The Bertz CT molecular complexity index is 714. The normalized spacial score (nSPS) is 10.1. The molecule has 0 aliphatic rings. The molecule has 0 unspecified atom stereocenters. The van der Waals surface area contributed by atoms with Crippen LogP contribution in [0.15, 0.2) is 36.4 Å². The zero-order valence-corrected chi connectivity index (χ0v) is 10.9. The fraction of sp³-hybridized carbons (Fsp3) is 0. The molecule has 2 rings (SSSR count). The lowest BCUT2D eigenvalue weighted by molar-refractivity contribution is 0.0992. The fourth-order valence-corrected chi connectivity index (χ4v) is 1.77. The van der Waals surface area contributed by atoms with Crippen molar-refractivity contribution in [2.24, 2.45) is 11.5 Å². The van der Waals surface area contributed by atoms with Gasteiger partial charge in [-0.2, -0.15) is 0 Å². The van der Waals surface area contributed by atoms with Gasteiger partial charge in [-0.1, -0.05) is 0 Å². The lowest BCUT2D eigenvalue weighted by Gasteiger charge is -2.11. The number of nitrogens with two attached hydrogens (primary N) is 3. The smallest absolute Gasteiger partial charge is 0.250 e. The first-order valence-electron chi connectivity index (χ1n) is 5.94. The molecule has 2 aromatic rings. The molecule has 7 heteroatoms. The predicted molar refractivity (Wildman–Crippen MR) is 77.6 cm³/mol. The van der Waals surface area contributed by atoms with Gasteiger partial charge < -0.3 is 22.5 Å². The topological polar surface area (TPSA) is 124 Å². The highest BCUT2D eigenvalue weighted by Crippen LogP contribution is 2.25. The first-order valence-corrected chi connectivity index (χ1v) is 5.94. The Morgan fingerprint density at radius 1 is 1.00 bits per heavy atom. The van der Waals surface area contributed by atoms with E-state index < -0.39 is 17.6 Å². The zero-order chi connectivity index (χ0) is 15.6. The molecule has 0 heterocycles. The summed E-state index contributed by atoms with van der Waals surface area (Å²) >= 11 is 0. The molecule has 2 amide bonds. The van der Waals surface area contributed by atoms with E-state index in [2.05, 4.69) is 5.32 Å². The number of nitrogens with one attached hydrogen (secondary N) is 1.